The summed E-state index contributed by atoms with van der Waals surface area (Å²) in [5.41, 5.74) is 0.562. The summed E-state index contributed by atoms with van der Waals surface area (Å²) in [6.45, 7) is 2.13. The molecule has 1 aromatic carbocycles. The Kier molecular flexibility index (Phi) is 4.96. The van der Waals surface area contributed by atoms with Gasteiger partial charge in [0.2, 0.25) is 18.2 Å². The molecule has 1 heterocycles. The van der Waals surface area contributed by atoms with E-state index in [2.05, 4.69) is 5.32 Å². The summed E-state index contributed by atoms with van der Waals surface area (Å²) < 4.78 is 0. The number of hydrogen-bond acceptors (Lipinski definition) is 3. The Bertz CT molecular complexity index is 675. The largest absolute Gasteiger partial charge is 0.342 e. The molecule has 3 amide bonds. The molecule has 1 N–H and O–H groups in total. The van der Waals surface area contributed by atoms with Gasteiger partial charge in [-0.15, -0.1) is 0 Å². The predicted octanol–water partition coefficient (Wildman–Crippen LogP) is 1.87. The zero-order chi connectivity index (χ0) is 17.3. The fraction of sp³-hybridized carbons (Fsp3) is 0.438. The van der Waals surface area contributed by atoms with Crippen molar-refractivity contribution in [2.45, 2.75) is 6.42 Å². The van der Waals surface area contributed by atoms with Crippen molar-refractivity contribution in [1.29, 1.82) is 0 Å². The maximum absolute atomic E-state index is 12.4. The molecule has 128 valence electrons. The lowest BCUT2D eigenvalue weighted by molar-refractivity contribution is -0.137. The van der Waals surface area contributed by atoms with Crippen LogP contribution >= 0.6 is 23.2 Å². The van der Waals surface area contributed by atoms with Crippen LogP contribution in [-0.2, 0) is 14.4 Å². The summed E-state index contributed by atoms with van der Waals surface area (Å²) >= 11 is 11.8. The minimum atomic E-state index is -0.309. The summed E-state index contributed by atoms with van der Waals surface area (Å²) in [5, 5.41) is 3.56. The van der Waals surface area contributed by atoms with Gasteiger partial charge >= 0.3 is 0 Å². The van der Waals surface area contributed by atoms with E-state index in [1.807, 2.05) is 0 Å². The molecule has 0 spiro atoms. The Balaban J connectivity index is 1.52. The lowest BCUT2D eigenvalue weighted by atomic mass is 10.2. The zero-order valence-electron chi connectivity index (χ0n) is 12.9. The minimum Gasteiger partial charge on any atom is -0.342 e. The first kappa shape index (κ1) is 17.0. The lowest BCUT2D eigenvalue weighted by Gasteiger charge is -2.32. The molecule has 1 aliphatic heterocycles. The van der Waals surface area contributed by atoms with Crippen LogP contribution in [0, 0.1) is 11.8 Å². The topological polar surface area (TPSA) is 69.7 Å². The molecule has 6 nitrogen and oxygen atoms in total. The highest BCUT2D eigenvalue weighted by molar-refractivity contribution is 6.42. The van der Waals surface area contributed by atoms with Crippen LogP contribution in [0.3, 0.4) is 0 Å². The van der Waals surface area contributed by atoms with Crippen molar-refractivity contribution in [3.05, 3.63) is 28.2 Å². The Morgan fingerprint density at radius 3 is 2.42 bits per heavy atom. The molecule has 0 radical (unpaired) electrons. The van der Waals surface area contributed by atoms with E-state index in [4.69, 9.17) is 23.2 Å². The van der Waals surface area contributed by atoms with E-state index < -0.39 is 0 Å². The molecule has 0 bridgehead atoms. The molecular weight excluding hydrogens is 353 g/mol. The van der Waals surface area contributed by atoms with Gasteiger partial charge in [-0.25, -0.2) is 0 Å². The Morgan fingerprint density at radius 2 is 1.79 bits per heavy atom. The van der Waals surface area contributed by atoms with Gasteiger partial charge in [0.25, 0.3) is 0 Å². The van der Waals surface area contributed by atoms with E-state index in [1.54, 1.807) is 28.0 Å². The average Bonchev–Trinajstić information content (AvgIpc) is 3.38. The highest BCUT2D eigenvalue weighted by Crippen LogP contribution is 2.41. The molecule has 1 aromatic rings. The molecule has 0 aromatic heterocycles. The molecule has 2 unspecified atom stereocenters. The van der Waals surface area contributed by atoms with Crippen LogP contribution in [-0.4, -0.2) is 54.2 Å². The first-order valence-electron chi connectivity index (χ1n) is 7.73. The molecule has 2 fully saturated rings. The van der Waals surface area contributed by atoms with Gasteiger partial charge in [0.15, 0.2) is 0 Å². The number of carbonyl (C=O) groups is 3. The number of anilines is 1. The zero-order valence-corrected chi connectivity index (χ0v) is 14.4. The van der Waals surface area contributed by atoms with E-state index in [0.717, 1.165) is 6.41 Å². The number of nitrogens with zero attached hydrogens (tertiary/aromatic N) is 2. The van der Waals surface area contributed by atoms with Crippen LogP contribution in [0.15, 0.2) is 18.2 Å². The Labute approximate surface area is 149 Å². The van der Waals surface area contributed by atoms with Crippen molar-refractivity contribution in [2.75, 3.05) is 31.5 Å². The number of piperazine rings is 1. The van der Waals surface area contributed by atoms with Gasteiger partial charge in [0.05, 0.1) is 21.9 Å². The number of rotatable bonds is 4. The number of halogens is 2. The van der Waals surface area contributed by atoms with Crippen LogP contribution in [0.4, 0.5) is 5.69 Å². The van der Waals surface area contributed by atoms with Crippen molar-refractivity contribution < 1.29 is 14.4 Å². The van der Waals surface area contributed by atoms with Gasteiger partial charge in [0.1, 0.15) is 0 Å². The van der Waals surface area contributed by atoms with E-state index in [9.17, 15) is 14.4 Å². The molecule has 2 aliphatic rings. The molecule has 24 heavy (non-hydrogen) atoms. The number of carbonyl (C=O) groups excluding carboxylic acids is 3. The second-order valence-corrected chi connectivity index (χ2v) is 6.85. The van der Waals surface area contributed by atoms with Crippen molar-refractivity contribution >= 4 is 47.1 Å². The standard InChI is InChI=1S/C16H17Cl2N3O3/c17-13-2-1-10(7-14(13)18)19-15(23)11-8-12(11)16(24)21-5-3-20(9-22)4-6-21/h1-2,7,9,11-12H,3-6,8H2,(H,19,23). The van der Waals surface area contributed by atoms with Crippen LogP contribution in [0.2, 0.25) is 10.0 Å². The van der Waals surface area contributed by atoms with Crippen LogP contribution in [0.1, 0.15) is 6.42 Å². The minimum absolute atomic E-state index is 0.00478. The molecular formula is C16H17Cl2N3O3. The van der Waals surface area contributed by atoms with Crippen molar-refractivity contribution in [2.24, 2.45) is 11.8 Å². The lowest BCUT2D eigenvalue weighted by Crippen LogP contribution is -2.48. The third-order valence-corrected chi connectivity index (χ3v) is 5.15. The summed E-state index contributed by atoms with van der Waals surface area (Å²) in [5.74, 6) is -0.764. The van der Waals surface area contributed by atoms with Gasteiger partial charge in [0, 0.05) is 31.9 Å². The Morgan fingerprint density at radius 1 is 1.08 bits per heavy atom. The normalized spacial score (nSPS) is 22.9. The second kappa shape index (κ2) is 6.99. The van der Waals surface area contributed by atoms with Crippen LogP contribution in [0.5, 0.6) is 0 Å². The van der Waals surface area contributed by atoms with Gasteiger partial charge < -0.3 is 15.1 Å². The highest BCUT2D eigenvalue weighted by Gasteiger charge is 2.49. The summed E-state index contributed by atoms with van der Waals surface area (Å²) in [7, 11) is 0. The van der Waals surface area contributed by atoms with Gasteiger partial charge in [-0.05, 0) is 24.6 Å². The first-order valence-corrected chi connectivity index (χ1v) is 8.49. The first-order chi connectivity index (χ1) is 11.5. The average molecular weight is 370 g/mol. The van der Waals surface area contributed by atoms with Gasteiger partial charge in [-0.1, -0.05) is 23.2 Å². The van der Waals surface area contributed by atoms with E-state index >= 15 is 0 Å². The van der Waals surface area contributed by atoms with Crippen molar-refractivity contribution in [3.8, 4) is 0 Å². The maximum atomic E-state index is 12.4. The second-order valence-electron chi connectivity index (χ2n) is 6.03. The number of amides is 3. The number of benzene rings is 1. The third kappa shape index (κ3) is 3.65. The van der Waals surface area contributed by atoms with Crippen LogP contribution < -0.4 is 5.32 Å². The number of hydrogen-bond donors (Lipinski definition) is 1. The summed E-state index contributed by atoms with van der Waals surface area (Å²) in [6, 6.07) is 4.87. The Hall–Kier alpha value is -1.79. The molecule has 1 saturated heterocycles. The quantitative estimate of drug-likeness (QED) is 0.823. The summed E-state index contributed by atoms with van der Waals surface area (Å²) in [4.78, 5) is 38.7. The summed E-state index contributed by atoms with van der Waals surface area (Å²) in [6.07, 6.45) is 1.35. The molecule has 1 saturated carbocycles. The highest BCUT2D eigenvalue weighted by atomic mass is 35.5. The molecule has 1 aliphatic carbocycles. The van der Waals surface area contributed by atoms with Crippen molar-refractivity contribution in [1.82, 2.24) is 9.80 Å². The molecule has 2 atom stereocenters. The van der Waals surface area contributed by atoms with Gasteiger partial charge in [-0.2, -0.15) is 0 Å². The third-order valence-electron chi connectivity index (χ3n) is 4.41. The van der Waals surface area contributed by atoms with Crippen LogP contribution in [0.25, 0.3) is 0 Å². The fourth-order valence-corrected chi connectivity index (χ4v) is 3.15. The molecule has 3 rings (SSSR count). The number of nitrogens with one attached hydrogen (secondary N) is 1. The fourth-order valence-electron chi connectivity index (χ4n) is 2.85. The molecule has 8 heteroatoms. The monoisotopic (exact) mass is 369 g/mol. The SMILES string of the molecule is O=CN1CCN(C(=O)C2CC2C(=O)Nc2ccc(Cl)c(Cl)c2)CC1. The maximum Gasteiger partial charge on any atom is 0.228 e. The van der Waals surface area contributed by atoms with E-state index in [1.165, 1.54) is 0 Å². The predicted molar refractivity (Wildman–Crippen MR) is 90.9 cm³/mol. The van der Waals surface area contributed by atoms with E-state index in [0.29, 0.717) is 48.3 Å². The van der Waals surface area contributed by atoms with Crippen molar-refractivity contribution in [3.63, 3.8) is 0 Å². The van der Waals surface area contributed by atoms with E-state index in [-0.39, 0.29) is 23.7 Å². The van der Waals surface area contributed by atoms with Gasteiger partial charge in [-0.3, -0.25) is 14.4 Å². The smallest absolute Gasteiger partial charge is 0.228 e.